The van der Waals surface area contributed by atoms with E-state index in [4.69, 9.17) is 5.11 Å². The third-order valence-corrected chi connectivity index (χ3v) is 2.71. The van der Waals surface area contributed by atoms with Gasteiger partial charge >= 0.3 is 0 Å². The van der Waals surface area contributed by atoms with E-state index in [9.17, 15) is 0 Å². The molecule has 2 rings (SSSR count). The number of anilines is 1. The molecule has 0 saturated heterocycles. The number of aliphatic hydroxyl groups excluding tert-OH is 1. The maximum absolute atomic E-state index is 8.76. The molecule has 0 saturated carbocycles. The Balaban J connectivity index is 1.93. The summed E-state index contributed by atoms with van der Waals surface area (Å²) in [6.07, 6.45) is 1.82. The lowest BCUT2D eigenvalue weighted by Gasteiger charge is -2.03. The van der Waals surface area contributed by atoms with E-state index in [1.807, 2.05) is 30.5 Å². The monoisotopic (exact) mass is 296 g/mol. The summed E-state index contributed by atoms with van der Waals surface area (Å²) in [5.74, 6) is 0. The van der Waals surface area contributed by atoms with Gasteiger partial charge in [0.25, 0.3) is 0 Å². The van der Waals surface area contributed by atoms with E-state index < -0.39 is 0 Å². The average Bonchev–Trinajstić information content (AvgIpc) is 2.75. The fourth-order valence-corrected chi connectivity index (χ4v) is 1.82. The third-order valence-electron chi connectivity index (χ3n) is 2.21. The van der Waals surface area contributed by atoms with E-state index in [0.29, 0.717) is 13.1 Å². The molecular formula is C11H13BrN4O. The molecule has 0 aliphatic heterocycles. The number of nitrogens with one attached hydrogen (secondary N) is 1. The minimum absolute atomic E-state index is 0.0713. The largest absolute Gasteiger partial charge is 0.394 e. The van der Waals surface area contributed by atoms with Crippen molar-refractivity contribution in [3.8, 4) is 0 Å². The van der Waals surface area contributed by atoms with Crippen LogP contribution in [0.1, 0.15) is 5.69 Å². The van der Waals surface area contributed by atoms with Crippen molar-refractivity contribution in [2.75, 3.05) is 11.9 Å². The second-order valence-corrected chi connectivity index (χ2v) is 4.48. The molecule has 0 aliphatic carbocycles. The zero-order valence-electron chi connectivity index (χ0n) is 9.17. The van der Waals surface area contributed by atoms with Crippen LogP contribution in [0.4, 0.5) is 5.69 Å². The molecule has 0 aliphatic rings. The Morgan fingerprint density at radius 2 is 2.29 bits per heavy atom. The lowest BCUT2D eigenvalue weighted by Crippen LogP contribution is -2.02. The van der Waals surface area contributed by atoms with E-state index in [-0.39, 0.29) is 6.61 Å². The highest BCUT2D eigenvalue weighted by Gasteiger charge is 2.00. The van der Waals surface area contributed by atoms with Gasteiger partial charge in [-0.3, -0.25) is 0 Å². The van der Waals surface area contributed by atoms with Crippen LogP contribution in [0.25, 0.3) is 0 Å². The minimum Gasteiger partial charge on any atom is -0.394 e. The molecule has 1 aromatic carbocycles. The first kappa shape index (κ1) is 12.1. The zero-order chi connectivity index (χ0) is 12.1. The fraction of sp³-hybridized carbons (Fsp3) is 0.273. The van der Waals surface area contributed by atoms with E-state index in [0.717, 1.165) is 15.9 Å². The molecule has 1 heterocycles. The molecule has 0 fully saturated rings. The van der Waals surface area contributed by atoms with Gasteiger partial charge in [0.1, 0.15) is 5.69 Å². The summed E-state index contributed by atoms with van der Waals surface area (Å²) in [5, 5.41) is 19.9. The predicted octanol–water partition coefficient (Wildman–Crippen LogP) is 1.65. The maximum atomic E-state index is 8.76. The highest BCUT2D eigenvalue weighted by Crippen LogP contribution is 2.15. The highest BCUT2D eigenvalue weighted by atomic mass is 79.9. The van der Waals surface area contributed by atoms with Gasteiger partial charge in [-0.25, -0.2) is 4.68 Å². The van der Waals surface area contributed by atoms with Crippen molar-refractivity contribution in [2.45, 2.75) is 13.1 Å². The van der Waals surface area contributed by atoms with Crippen molar-refractivity contribution in [1.82, 2.24) is 15.0 Å². The summed E-state index contributed by atoms with van der Waals surface area (Å²) >= 11 is 3.41. The molecule has 0 amide bonds. The van der Waals surface area contributed by atoms with Crippen molar-refractivity contribution in [2.24, 2.45) is 0 Å². The van der Waals surface area contributed by atoms with E-state index in [1.165, 1.54) is 0 Å². The first-order valence-corrected chi connectivity index (χ1v) is 6.06. The molecule has 6 heteroatoms. The Morgan fingerprint density at radius 3 is 3.06 bits per heavy atom. The lowest BCUT2D eigenvalue weighted by atomic mass is 10.3. The van der Waals surface area contributed by atoms with Crippen LogP contribution < -0.4 is 5.32 Å². The van der Waals surface area contributed by atoms with Gasteiger partial charge in [0.15, 0.2) is 0 Å². The Hall–Kier alpha value is -1.40. The lowest BCUT2D eigenvalue weighted by molar-refractivity contribution is 0.268. The first-order valence-electron chi connectivity index (χ1n) is 5.27. The van der Waals surface area contributed by atoms with Crippen LogP contribution in [0.15, 0.2) is 34.9 Å². The minimum atomic E-state index is 0.0713. The van der Waals surface area contributed by atoms with Gasteiger partial charge in [0.2, 0.25) is 0 Å². The maximum Gasteiger partial charge on any atom is 0.102 e. The normalized spacial score (nSPS) is 10.5. The van der Waals surface area contributed by atoms with Gasteiger partial charge < -0.3 is 10.4 Å². The topological polar surface area (TPSA) is 63.0 Å². The molecule has 0 bridgehead atoms. The Morgan fingerprint density at radius 1 is 1.41 bits per heavy atom. The predicted molar refractivity (Wildman–Crippen MR) is 68.6 cm³/mol. The number of rotatable bonds is 5. The number of nitrogens with zero attached hydrogens (tertiary/aromatic N) is 3. The Labute approximate surface area is 108 Å². The van der Waals surface area contributed by atoms with Crippen LogP contribution in [-0.2, 0) is 13.1 Å². The number of hydrogen-bond acceptors (Lipinski definition) is 4. The van der Waals surface area contributed by atoms with E-state index in [2.05, 4.69) is 31.6 Å². The summed E-state index contributed by atoms with van der Waals surface area (Å²) in [7, 11) is 0. The third kappa shape index (κ3) is 3.54. The molecule has 17 heavy (non-hydrogen) atoms. The smallest absolute Gasteiger partial charge is 0.102 e. The van der Waals surface area contributed by atoms with Gasteiger partial charge in [-0.1, -0.05) is 27.2 Å². The van der Waals surface area contributed by atoms with Gasteiger partial charge in [-0.2, -0.15) is 0 Å². The fourth-order valence-electron chi connectivity index (χ4n) is 1.42. The molecule has 2 N–H and O–H groups in total. The summed E-state index contributed by atoms with van der Waals surface area (Å²) in [6, 6.07) is 7.93. The van der Waals surface area contributed by atoms with E-state index in [1.54, 1.807) is 4.68 Å². The quantitative estimate of drug-likeness (QED) is 0.881. The highest BCUT2D eigenvalue weighted by molar-refractivity contribution is 9.10. The standard InChI is InChI=1S/C11H13BrN4O/c12-9-2-1-3-10(6-9)13-7-11-8-16(4-5-17)15-14-11/h1-3,6,8,13,17H,4-5,7H2. The molecule has 90 valence electrons. The van der Waals surface area contributed by atoms with Crippen LogP contribution in [0, 0.1) is 0 Å². The molecule has 2 aromatic rings. The summed E-state index contributed by atoms with van der Waals surface area (Å²) in [5.41, 5.74) is 1.87. The van der Waals surface area contributed by atoms with Crippen molar-refractivity contribution in [3.63, 3.8) is 0 Å². The first-order chi connectivity index (χ1) is 8.28. The van der Waals surface area contributed by atoms with Crippen LogP contribution in [0.3, 0.4) is 0 Å². The second kappa shape index (κ2) is 5.79. The van der Waals surface area contributed by atoms with Gasteiger partial charge in [-0.05, 0) is 18.2 Å². The van der Waals surface area contributed by atoms with Gasteiger partial charge in [0.05, 0.1) is 25.9 Å². The van der Waals surface area contributed by atoms with Crippen LogP contribution in [0.2, 0.25) is 0 Å². The molecule has 1 aromatic heterocycles. The number of aliphatic hydroxyl groups is 1. The number of aromatic nitrogens is 3. The molecule has 5 nitrogen and oxygen atoms in total. The Bertz CT molecular complexity index is 486. The van der Waals surface area contributed by atoms with Crippen LogP contribution >= 0.6 is 15.9 Å². The summed E-state index contributed by atoms with van der Waals surface area (Å²) in [4.78, 5) is 0. The number of halogens is 1. The van der Waals surface area contributed by atoms with Crippen LogP contribution in [0.5, 0.6) is 0 Å². The molecule has 0 spiro atoms. The molecule has 0 atom stereocenters. The summed E-state index contributed by atoms with van der Waals surface area (Å²) in [6.45, 7) is 1.16. The van der Waals surface area contributed by atoms with Crippen molar-refractivity contribution < 1.29 is 5.11 Å². The number of benzene rings is 1. The molecule has 0 radical (unpaired) electrons. The van der Waals surface area contributed by atoms with E-state index >= 15 is 0 Å². The Kier molecular flexibility index (Phi) is 4.11. The molecule has 0 unspecified atom stereocenters. The van der Waals surface area contributed by atoms with Crippen molar-refractivity contribution >= 4 is 21.6 Å². The van der Waals surface area contributed by atoms with Crippen molar-refractivity contribution in [1.29, 1.82) is 0 Å². The zero-order valence-corrected chi connectivity index (χ0v) is 10.8. The van der Waals surface area contributed by atoms with Gasteiger partial charge in [0, 0.05) is 10.2 Å². The average molecular weight is 297 g/mol. The SMILES string of the molecule is OCCn1cc(CNc2cccc(Br)c2)nn1. The number of hydrogen-bond donors (Lipinski definition) is 2. The van der Waals surface area contributed by atoms with Crippen LogP contribution in [-0.4, -0.2) is 26.7 Å². The second-order valence-electron chi connectivity index (χ2n) is 3.56. The van der Waals surface area contributed by atoms with Gasteiger partial charge in [-0.15, -0.1) is 5.10 Å². The van der Waals surface area contributed by atoms with Crippen molar-refractivity contribution in [3.05, 3.63) is 40.6 Å². The molecular weight excluding hydrogens is 284 g/mol. The summed E-state index contributed by atoms with van der Waals surface area (Å²) < 4.78 is 2.66.